The molecule has 0 radical (unpaired) electrons. The molecule has 1 fully saturated rings. The SMILES string of the molecule is CC(C)c1nn(C)cc1CNC1CCC(=O)NC1. The second-order valence-electron chi connectivity index (χ2n) is 5.29. The molecule has 1 aromatic rings. The molecule has 2 rings (SSSR count). The van der Waals surface area contributed by atoms with Gasteiger partial charge in [-0.2, -0.15) is 5.10 Å². The van der Waals surface area contributed by atoms with Crippen LogP contribution >= 0.6 is 0 Å². The van der Waals surface area contributed by atoms with Crippen LogP contribution < -0.4 is 10.6 Å². The molecule has 1 amide bonds. The van der Waals surface area contributed by atoms with Crippen molar-refractivity contribution in [1.82, 2.24) is 20.4 Å². The minimum atomic E-state index is 0.164. The van der Waals surface area contributed by atoms with Gasteiger partial charge in [0.05, 0.1) is 5.69 Å². The fraction of sp³-hybridized carbons (Fsp3) is 0.692. The van der Waals surface area contributed by atoms with Gasteiger partial charge in [0.1, 0.15) is 0 Å². The summed E-state index contributed by atoms with van der Waals surface area (Å²) in [5.41, 5.74) is 2.41. The first-order valence-corrected chi connectivity index (χ1v) is 6.58. The van der Waals surface area contributed by atoms with E-state index >= 15 is 0 Å². The Morgan fingerprint density at radius 3 is 3.00 bits per heavy atom. The van der Waals surface area contributed by atoms with Crippen LogP contribution in [0.25, 0.3) is 0 Å². The summed E-state index contributed by atoms with van der Waals surface area (Å²) in [5.74, 6) is 0.603. The molecule has 0 spiro atoms. The number of hydrogen-bond donors (Lipinski definition) is 2. The van der Waals surface area contributed by atoms with Crippen molar-refractivity contribution < 1.29 is 4.79 Å². The van der Waals surface area contributed by atoms with Crippen LogP contribution in [0.4, 0.5) is 0 Å². The Hall–Kier alpha value is -1.36. The van der Waals surface area contributed by atoms with E-state index in [4.69, 9.17) is 0 Å². The zero-order chi connectivity index (χ0) is 13.1. The van der Waals surface area contributed by atoms with Crippen molar-refractivity contribution in [3.05, 3.63) is 17.5 Å². The normalized spacial score (nSPS) is 20.2. The van der Waals surface area contributed by atoms with Crippen molar-refractivity contribution in [1.29, 1.82) is 0 Å². The van der Waals surface area contributed by atoms with Crippen LogP contribution in [0.3, 0.4) is 0 Å². The van der Waals surface area contributed by atoms with Gasteiger partial charge in [-0.25, -0.2) is 0 Å². The van der Waals surface area contributed by atoms with E-state index in [9.17, 15) is 4.79 Å². The fourth-order valence-electron chi connectivity index (χ4n) is 2.34. The molecule has 5 nitrogen and oxygen atoms in total. The summed E-state index contributed by atoms with van der Waals surface area (Å²) in [5, 5.41) is 10.9. The molecule has 2 heterocycles. The van der Waals surface area contributed by atoms with Crippen LogP contribution in [0, 0.1) is 0 Å². The predicted octanol–water partition coefficient (Wildman–Crippen LogP) is 0.912. The molecule has 1 aliphatic rings. The maximum atomic E-state index is 11.1. The number of hydrogen-bond acceptors (Lipinski definition) is 3. The molecule has 1 atom stereocenters. The largest absolute Gasteiger partial charge is 0.355 e. The Morgan fingerprint density at radius 2 is 2.39 bits per heavy atom. The minimum absolute atomic E-state index is 0.164. The average Bonchev–Trinajstić information content (AvgIpc) is 2.70. The third-order valence-corrected chi connectivity index (χ3v) is 3.33. The number of aromatic nitrogens is 2. The van der Waals surface area contributed by atoms with Gasteiger partial charge in [-0.15, -0.1) is 0 Å². The summed E-state index contributed by atoms with van der Waals surface area (Å²) in [6, 6.07) is 0.378. The minimum Gasteiger partial charge on any atom is -0.355 e. The second kappa shape index (κ2) is 5.52. The van der Waals surface area contributed by atoms with Crippen LogP contribution in [-0.2, 0) is 18.4 Å². The summed E-state index contributed by atoms with van der Waals surface area (Å²) in [4.78, 5) is 11.1. The first-order chi connectivity index (χ1) is 8.56. The van der Waals surface area contributed by atoms with Crippen LogP contribution in [0.1, 0.15) is 43.9 Å². The van der Waals surface area contributed by atoms with Crippen molar-refractivity contribution in [3.8, 4) is 0 Å². The highest BCUT2D eigenvalue weighted by molar-refractivity contribution is 5.76. The van der Waals surface area contributed by atoms with Gasteiger partial charge < -0.3 is 10.6 Å². The smallest absolute Gasteiger partial charge is 0.220 e. The third kappa shape index (κ3) is 3.10. The third-order valence-electron chi connectivity index (χ3n) is 3.33. The molecule has 0 aromatic carbocycles. The van der Waals surface area contributed by atoms with Crippen LogP contribution in [0.15, 0.2) is 6.20 Å². The highest BCUT2D eigenvalue weighted by Crippen LogP contribution is 2.17. The summed E-state index contributed by atoms with van der Waals surface area (Å²) >= 11 is 0. The fourth-order valence-corrected chi connectivity index (χ4v) is 2.34. The zero-order valence-corrected chi connectivity index (χ0v) is 11.4. The Labute approximate surface area is 108 Å². The van der Waals surface area contributed by atoms with Gasteiger partial charge in [-0.1, -0.05) is 13.8 Å². The monoisotopic (exact) mass is 250 g/mol. The Kier molecular flexibility index (Phi) is 4.01. The number of aryl methyl sites for hydroxylation is 1. The number of nitrogens with zero attached hydrogens (tertiary/aromatic N) is 2. The average molecular weight is 250 g/mol. The number of piperidine rings is 1. The van der Waals surface area contributed by atoms with Crippen molar-refractivity contribution >= 4 is 5.91 Å². The van der Waals surface area contributed by atoms with Crippen molar-refractivity contribution in [3.63, 3.8) is 0 Å². The lowest BCUT2D eigenvalue weighted by Gasteiger charge is -2.23. The van der Waals surface area contributed by atoms with E-state index in [1.165, 1.54) is 5.56 Å². The van der Waals surface area contributed by atoms with E-state index in [0.717, 1.165) is 25.2 Å². The summed E-state index contributed by atoms with van der Waals surface area (Å²) in [6.07, 6.45) is 3.62. The molecule has 1 aliphatic heterocycles. The number of carbonyl (C=O) groups is 1. The number of carbonyl (C=O) groups excluding carboxylic acids is 1. The first-order valence-electron chi connectivity index (χ1n) is 6.58. The number of rotatable bonds is 4. The van der Waals surface area contributed by atoms with Gasteiger partial charge in [0.25, 0.3) is 0 Å². The molecule has 0 bridgehead atoms. The van der Waals surface area contributed by atoms with Gasteiger partial charge in [0.15, 0.2) is 0 Å². The Morgan fingerprint density at radius 1 is 1.61 bits per heavy atom. The van der Waals surface area contributed by atoms with Crippen LogP contribution in [0.2, 0.25) is 0 Å². The topological polar surface area (TPSA) is 59.0 Å². The zero-order valence-electron chi connectivity index (χ0n) is 11.4. The number of amides is 1. The molecule has 1 saturated heterocycles. The summed E-state index contributed by atoms with van der Waals surface area (Å²) in [6.45, 7) is 5.87. The van der Waals surface area contributed by atoms with Gasteiger partial charge in [-0.05, 0) is 12.3 Å². The van der Waals surface area contributed by atoms with Crippen LogP contribution in [-0.4, -0.2) is 28.3 Å². The number of nitrogens with one attached hydrogen (secondary N) is 2. The van der Waals surface area contributed by atoms with Gasteiger partial charge >= 0.3 is 0 Å². The maximum Gasteiger partial charge on any atom is 0.220 e. The van der Waals surface area contributed by atoms with Gasteiger partial charge in [-0.3, -0.25) is 9.48 Å². The summed E-state index contributed by atoms with van der Waals surface area (Å²) in [7, 11) is 1.95. The molecule has 1 aromatic heterocycles. The van der Waals surface area contributed by atoms with E-state index in [0.29, 0.717) is 18.4 Å². The second-order valence-corrected chi connectivity index (χ2v) is 5.29. The van der Waals surface area contributed by atoms with E-state index in [-0.39, 0.29) is 5.91 Å². The Bertz CT molecular complexity index is 415. The van der Waals surface area contributed by atoms with Gasteiger partial charge in [0, 0.05) is 44.4 Å². The quantitative estimate of drug-likeness (QED) is 0.835. The van der Waals surface area contributed by atoms with Crippen LogP contribution in [0.5, 0.6) is 0 Å². The van der Waals surface area contributed by atoms with E-state index in [1.807, 2.05) is 11.7 Å². The van der Waals surface area contributed by atoms with E-state index in [2.05, 4.69) is 35.8 Å². The lowest BCUT2D eigenvalue weighted by Crippen LogP contribution is -2.45. The molecule has 0 aliphatic carbocycles. The molecule has 2 N–H and O–H groups in total. The highest BCUT2D eigenvalue weighted by atomic mass is 16.1. The molecule has 5 heteroatoms. The van der Waals surface area contributed by atoms with E-state index < -0.39 is 0 Å². The van der Waals surface area contributed by atoms with E-state index in [1.54, 1.807) is 0 Å². The Balaban J connectivity index is 1.91. The van der Waals surface area contributed by atoms with Crippen molar-refractivity contribution in [2.75, 3.05) is 6.54 Å². The first kappa shape index (κ1) is 13.1. The molecular formula is C13H22N4O. The van der Waals surface area contributed by atoms with Gasteiger partial charge in [0.2, 0.25) is 5.91 Å². The standard InChI is InChI=1S/C13H22N4O/c1-9(2)13-10(8-17(3)16-13)6-14-11-4-5-12(18)15-7-11/h8-9,11,14H,4-7H2,1-3H3,(H,15,18). The highest BCUT2D eigenvalue weighted by Gasteiger charge is 2.18. The molecular weight excluding hydrogens is 228 g/mol. The summed E-state index contributed by atoms with van der Waals surface area (Å²) < 4.78 is 1.87. The van der Waals surface area contributed by atoms with Crippen molar-refractivity contribution in [2.24, 2.45) is 7.05 Å². The lowest BCUT2D eigenvalue weighted by molar-refractivity contribution is -0.122. The molecule has 0 saturated carbocycles. The predicted molar refractivity (Wildman–Crippen MR) is 70.2 cm³/mol. The molecule has 1 unspecified atom stereocenters. The maximum absolute atomic E-state index is 11.1. The molecule has 100 valence electrons. The van der Waals surface area contributed by atoms with Crippen molar-refractivity contribution in [2.45, 2.75) is 45.2 Å². The molecule has 18 heavy (non-hydrogen) atoms. The lowest BCUT2D eigenvalue weighted by atomic mass is 10.0.